The summed E-state index contributed by atoms with van der Waals surface area (Å²) in [4.78, 5) is 28.6. The van der Waals surface area contributed by atoms with Gasteiger partial charge in [-0.05, 0) is 25.3 Å². The Hall–Kier alpha value is -3.04. The SMILES string of the molecule is Cc1nc2c(cc(C)n2Cc2cnc(C(F)(F)F)cn2)nc1NC(=O)CC(C)(C)C. The lowest BCUT2D eigenvalue weighted by molar-refractivity contribution is -0.141. The molecule has 3 rings (SSSR count). The number of carbonyl (C=O) groups excluding carboxylic acids is 1. The van der Waals surface area contributed by atoms with Crippen LogP contribution in [0.15, 0.2) is 18.5 Å². The summed E-state index contributed by atoms with van der Waals surface area (Å²) in [5.41, 5.74) is 1.66. The van der Waals surface area contributed by atoms with Crippen LogP contribution in [0.3, 0.4) is 0 Å². The molecule has 0 fully saturated rings. The topological polar surface area (TPSA) is 85.6 Å². The molecule has 0 radical (unpaired) electrons. The van der Waals surface area contributed by atoms with Gasteiger partial charge in [-0.15, -0.1) is 0 Å². The van der Waals surface area contributed by atoms with Gasteiger partial charge in [0.1, 0.15) is 5.52 Å². The first-order valence-electron chi connectivity index (χ1n) is 9.36. The first-order valence-corrected chi connectivity index (χ1v) is 9.36. The molecular formula is C20H23F3N6O. The third-order valence-electron chi connectivity index (χ3n) is 4.37. The second-order valence-corrected chi connectivity index (χ2v) is 8.41. The molecule has 160 valence electrons. The van der Waals surface area contributed by atoms with Crippen molar-refractivity contribution in [2.24, 2.45) is 5.41 Å². The average Bonchev–Trinajstić information content (AvgIpc) is 2.88. The number of nitrogens with zero attached hydrogens (tertiary/aromatic N) is 5. The number of rotatable bonds is 4. The van der Waals surface area contributed by atoms with E-state index >= 15 is 0 Å². The normalized spacial score (nSPS) is 12.4. The molecule has 0 bridgehead atoms. The third-order valence-corrected chi connectivity index (χ3v) is 4.37. The van der Waals surface area contributed by atoms with E-state index in [1.54, 1.807) is 17.6 Å². The minimum absolute atomic E-state index is 0.143. The second kappa shape index (κ2) is 7.66. The molecule has 7 nitrogen and oxygen atoms in total. The van der Waals surface area contributed by atoms with Crippen molar-refractivity contribution >= 4 is 22.9 Å². The number of halogens is 3. The van der Waals surface area contributed by atoms with Crippen molar-refractivity contribution in [3.63, 3.8) is 0 Å². The molecule has 0 unspecified atom stereocenters. The molecule has 0 aliphatic rings. The van der Waals surface area contributed by atoms with Crippen LogP contribution in [0.25, 0.3) is 11.2 Å². The molecule has 0 aromatic carbocycles. The number of hydrogen-bond donors (Lipinski definition) is 1. The van der Waals surface area contributed by atoms with E-state index in [1.165, 1.54) is 0 Å². The van der Waals surface area contributed by atoms with Crippen LogP contribution in [0.5, 0.6) is 0 Å². The highest BCUT2D eigenvalue weighted by Crippen LogP contribution is 2.27. The van der Waals surface area contributed by atoms with Gasteiger partial charge in [-0.1, -0.05) is 20.8 Å². The van der Waals surface area contributed by atoms with Gasteiger partial charge in [0.25, 0.3) is 0 Å². The molecule has 3 heterocycles. The maximum Gasteiger partial charge on any atom is 0.434 e. The molecule has 3 aromatic heterocycles. The molecule has 0 aliphatic carbocycles. The summed E-state index contributed by atoms with van der Waals surface area (Å²) in [5, 5.41) is 2.81. The summed E-state index contributed by atoms with van der Waals surface area (Å²) in [7, 11) is 0. The molecule has 1 amide bonds. The van der Waals surface area contributed by atoms with Gasteiger partial charge < -0.3 is 9.88 Å². The number of nitrogens with one attached hydrogen (secondary N) is 1. The summed E-state index contributed by atoms with van der Waals surface area (Å²) in [5.74, 6) is 0.249. The molecule has 0 saturated heterocycles. The Balaban J connectivity index is 1.88. The summed E-state index contributed by atoms with van der Waals surface area (Å²) in [6.45, 7) is 9.70. The van der Waals surface area contributed by atoms with E-state index in [9.17, 15) is 18.0 Å². The Bertz CT molecular complexity index is 1080. The smallest absolute Gasteiger partial charge is 0.322 e. The molecule has 0 aliphatic heterocycles. The van der Waals surface area contributed by atoms with Crippen LogP contribution in [0, 0.1) is 19.3 Å². The molecule has 10 heteroatoms. The maximum absolute atomic E-state index is 12.7. The Morgan fingerprint density at radius 1 is 1.10 bits per heavy atom. The standard InChI is InChI=1S/C20H23F3N6O/c1-11-6-14-18(26-12(2)17(27-14)28-16(30)7-19(3,4)5)29(11)10-13-8-25-15(9-24-13)20(21,22)23/h6,8-9H,7,10H2,1-5H3,(H,27,28,30). The number of aryl methyl sites for hydroxylation is 2. The monoisotopic (exact) mass is 420 g/mol. The maximum atomic E-state index is 12.7. The minimum Gasteiger partial charge on any atom is -0.322 e. The van der Waals surface area contributed by atoms with Crippen LogP contribution in [0.2, 0.25) is 0 Å². The van der Waals surface area contributed by atoms with Crippen molar-refractivity contribution in [1.82, 2.24) is 24.5 Å². The van der Waals surface area contributed by atoms with Crippen LogP contribution >= 0.6 is 0 Å². The van der Waals surface area contributed by atoms with E-state index < -0.39 is 11.9 Å². The van der Waals surface area contributed by atoms with Crippen LogP contribution in [-0.4, -0.2) is 30.4 Å². The Kier molecular flexibility index (Phi) is 5.53. The summed E-state index contributed by atoms with van der Waals surface area (Å²) in [6.07, 6.45) is -2.36. The number of alkyl halides is 3. The predicted molar refractivity (Wildman–Crippen MR) is 106 cm³/mol. The van der Waals surface area contributed by atoms with Crippen LogP contribution in [0.1, 0.15) is 50.0 Å². The molecule has 0 atom stereocenters. The zero-order chi connectivity index (χ0) is 22.3. The zero-order valence-electron chi connectivity index (χ0n) is 17.4. The van der Waals surface area contributed by atoms with Crippen LogP contribution in [0.4, 0.5) is 19.0 Å². The van der Waals surface area contributed by atoms with Gasteiger partial charge in [-0.3, -0.25) is 9.78 Å². The fraction of sp³-hybridized carbons (Fsp3) is 0.450. The van der Waals surface area contributed by atoms with E-state index in [0.29, 0.717) is 34.8 Å². The van der Waals surface area contributed by atoms with Crippen LogP contribution in [-0.2, 0) is 17.5 Å². The summed E-state index contributed by atoms with van der Waals surface area (Å²) < 4.78 is 39.8. The van der Waals surface area contributed by atoms with Crippen LogP contribution < -0.4 is 5.32 Å². The largest absolute Gasteiger partial charge is 0.434 e. The van der Waals surface area contributed by atoms with Gasteiger partial charge in [0.05, 0.1) is 30.3 Å². The molecule has 3 aromatic rings. The highest BCUT2D eigenvalue weighted by Gasteiger charge is 2.32. The molecule has 0 saturated carbocycles. The summed E-state index contributed by atoms with van der Waals surface area (Å²) in [6, 6.07) is 1.80. The van der Waals surface area contributed by atoms with E-state index in [2.05, 4.69) is 25.3 Å². The third kappa shape index (κ3) is 4.92. The fourth-order valence-electron chi connectivity index (χ4n) is 2.98. The number of aromatic nitrogens is 5. The number of amides is 1. The van der Waals surface area contributed by atoms with Gasteiger partial charge in [0, 0.05) is 12.1 Å². The second-order valence-electron chi connectivity index (χ2n) is 8.41. The van der Waals surface area contributed by atoms with Gasteiger partial charge >= 0.3 is 6.18 Å². The number of carbonyl (C=O) groups is 1. The lowest BCUT2D eigenvalue weighted by Crippen LogP contribution is -2.21. The van der Waals surface area contributed by atoms with Crippen molar-refractivity contribution in [3.05, 3.63) is 41.2 Å². The first-order chi connectivity index (χ1) is 13.8. The lowest BCUT2D eigenvalue weighted by Gasteiger charge is -2.17. The molecule has 0 spiro atoms. The number of hydrogen-bond acceptors (Lipinski definition) is 5. The number of fused-ring (bicyclic) bond motifs is 1. The molecular weight excluding hydrogens is 397 g/mol. The summed E-state index contributed by atoms with van der Waals surface area (Å²) >= 11 is 0. The van der Waals surface area contributed by atoms with Gasteiger partial charge in [0.15, 0.2) is 17.2 Å². The zero-order valence-corrected chi connectivity index (χ0v) is 17.4. The molecule has 30 heavy (non-hydrogen) atoms. The lowest BCUT2D eigenvalue weighted by atomic mass is 9.92. The average molecular weight is 420 g/mol. The predicted octanol–water partition coefficient (Wildman–Crippen LogP) is 4.28. The highest BCUT2D eigenvalue weighted by molar-refractivity contribution is 5.91. The highest BCUT2D eigenvalue weighted by atomic mass is 19.4. The van der Waals surface area contributed by atoms with Gasteiger partial charge in [0.2, 0.25) is 5.91 Å². The van der Waals surface area contributed by atoms with Gasteiger partial charge in [-0.25, -0.2) is 15.0 Å². The van der Waals surface area contributed by atoms with Gasteiger partial charge in [-0.2, -0.15) is 13.2 Å². The van der Waals surface area contributed by atoms with Crippen molar-refractivity contribution < 1.29 is 18.0 Å². The quantitative estimate of drug-likeness (QED) is 0.681. The first kappa shape index (κ1) is 21.7. The fourth-order valence-corrected chi connectivity index (χ4v) is 2.98. The number of anilines is 1. The van der Waals surface area contributed by atoms with E-state index in [0.717, 1.165) is 18.1 Å². The Labute approximate surface area is 171 Å². The Morgan fingerprint density at radius 2 is 1.80 bits per heavy atom. The Morgan fingerprint density at radius 3 is 2.37 bits per heavy atom. The van der Waals surface area contributed by atoms with E-state index in [4.69, 9.17) is 0 Å². The van der Waals surface area contributed by atoms with E-state index in [1.807, 2.05) is 27.7 Å². The minimum atomic E-state index is -4.53. The van der Waals surface area contributed by atoms with Crippen molar-refractivity contribution in [2.75, 3.05) is 5.32 Å². The van der Waals surface area contributed by atoms with Crippen molar-refractivity contribution in [1.29, 1.82) is 0 Å². The van der Waals surface area contributed by atoms with Crippen molar-refractivity contribution in [2.45, 2.75) is 53.8 Å². The molecule has 1 N–H and O–H groups in total. The van der Waals surface area contributed by atoms with Crippen molar-refractivity contribution in [3.8, 4) is 0 Å². The van der Waals surface area contributed by atoms with E-state index in [-0.39, 0.29) is 17.9 Å².